The minimum Gasteiger partial charge on any atom is -0.474 e. The Morgan fingerprint density at radius 3 is 2.84 bits per heavy atom. The van der Waals surface area contributed by atoms with E-state index in [9.17, 15) is 0 Å². The standard InChI is InChI=1S/C15H16ClNO2/c16-10-12-9-11-3-1-2-4-14(11)15(17-12)19-13-5-7-18-8-6-13/h1-4,9,13H,5-8,10H2. The summed E-state index contributed by atoms with van der Waals surface area (Å²) < 4.78 is 11.4. The molecule has 4 heteroatoms. The first-order valence-electron chi connectivity index (χ1n) is 6.56. The summed E-state index contributed by atoms with van der Waals surface area (Å²) in [5.74, 6) is 1.09. The highest BCUT2D eigenvalue weighted by molar-refractivity contribution is 6.17. The number of rotatable bonds is 3. The predicted molar refractivity (Wildman–Crippen MR) is 75.8 cm³/mol. The first kappa shape index (κ1) is 12.7. The number of hydrogen-bond donors (Lipinski definition) is 0. The summed E-state index contributed by atoms with van der Waals surface area (Å²) in [5, 5.41) is 2.16. The van der Waals surface area contributed by atoms with Gasteiger partial charge in [-0.1, -0.05) is 18.2 Å². The van der Waals surface area contributed by atoms with E-state index >= 15 is 0 Å². The number of halogens is 1. The van der Waals surface area contributed by atoms with Gasteiger partial charge in [0.15, 0.2) is 0 Å². The number of aromatic nitrogens is 1. The molecule has 1 aliphatic heterocycles. The Hall–Kier alpha value is -1.32. The van der Waals surface area contributed by atoms with Gasteiger partial charge in [-0.25, -0.2) is 4.98 Å². The van der Waals surface area contributed by atoms with Crippen molar-refractivity contribution in [2.45, 2.75) is 24.8 Å². The molecule has 3 rings (SSSR count). The molecule has 0 radical (unpaired) electrons. The van der Waals surface area contributed by atoms with Gasteiger partial charge in [0.25, 0.3) is 0 Å². The van der Waals surface area contributed by atoms with Gasteiger partial charge in [0, 0.05) is 18.2 Å². The Balaban J connectivity index is 1.95. The van der Waals surface area contributed by atoms with Gasteiger partial charge in [-0.15, -0.1) is 11.6 Å². The number of pyridine rings is 1. The van der Waals surface area contributed by atoms with E-state index in [2.05, 4.69) is 11.1 Å². The molecule has 2 heterocycles. The van der Waals surface area contributed by atoms with Crippen LogP contribution in [0.2, 0.25) is 0 Å². The van der Waals surface area contributed by atoms with E-state index in [4.69, 9.17) is 21.1 Å². The van der Waals surface area contributed by atoms with Crippen molar-refractivity contribution < 1.29 is 9.47 Å². The zero-order valence-corrected chi connectivity index (χ0v) is 11.4. The second-order valence-electron chi connectivity index (χ2n) is 4.70. The van der Waals surface area contributed by atoms with E-state index in [0.717, 1.165) is 42.5 Å². The molecule has 0 bridgehead atoms. The maximum Gasteiger partial charge on any atom is 0.221 e. The average molecular weight is 278 g/mol. The zero-order chi connectivity index (χ0) is 13.1. The summed E-state index contributed by atoms with van der Waals surface area (Å²) in [6.45, 7) is 1.52. The lowest BCUT2D eigenvalue weighted by molar-refractivity contribution is 0.0244. The fraction of sp³-hybridized carbons (Fsp3) is 0.400. The Kier molecular flexibility index (Phi) is 3.85. The van der Waals surface area contributed by atoms with Crippen LogP contribution in [-0.2, 0) is 10.6 Å². The summed E-state index contributed by atoms with van der Waals surface area (Å²) in [6, 6.07) is 10.1. The molecule has 0 amide bonds. The van der Waals surface area contributed by atoms with E-state index in [1.807, 2.05) is 24.3 Å². The summed E-state index contributed by atoms with van der Waals surface area (Å²) in [5.41, 5.74) is 0.849. The molecule has 0 unspecified atom stereocenters. The van der Waals surface area contributed by atoms with Crippen molar-refractivity contribution in [3.63, 3.8) is 0 Å². The summed E-state index contributed by atoms with van der Waals surface area (Å²) >= 11 is 5.90. The minimum absolute atomic E-state index is 0.190. The van der Waals surface area contributed by atoms with Crippen molar-refractivity contribution in [2.24, 2.45) is 0 Å². The Morgan fingerprint density at radius 2 is 2.05 bits per heavy atom. The van der Waals surface area contributed by atoms with Crippen molar-refractivity contribution in [1.82, 2.24) is 4.98 Å². The second-order valence-corrected chi connectivity index (χ2v) is 4.97. The number of fused-ring (bicyclic) bond motifs is 1. The molecule has 19 heavy (non-hydrogen) atoms. The lowest BCUT2D eigenvalue weighted by Crippen LogP contribution is -2.26. The lowest BCUT2D eigenvalue weighted by Gasteiger charge is -2.23. The van der Waals surface area contributed by atoms with Crippen LogP contribution < -0.4 is 4.74 Å². The minimum atomic E-state index is 0.190. The van der Waals surface area contributed by atoms with Gasteiger partial charge in [0.2, 0.25) is 5.88 Å². The van der Waals surface area contributed by atoms with Crippen LogP contribution in [0.4, 0.5) is 0 Å². The van der Waals surface area contributed by atoms with Crippen LogP contribution in [0.3, 0.4) is 0 Å². The molecular weight excluding hydrogens is 262 g/mol. The van der Waals surface area contributed by atoms with Crippen LogP contribution in [0, 0.1) is 0 Å². The van der Waals surface area contributed by atoms with E-state index in [-0.39, 0.29) is 6.10 Å². The summed E-state index contributed by atoms with van der Waals surface area (Å²) in [4.78, 5) is 4.52. The number of alkyl halides is 1. The fourth-order valence-corrected chi connectivity index (χ4v) is 2.47. The monoisotopic (exact) mass is 277 g/mol. The van der Waals surface area contributed by atoms with Gasteiger partial charge in [0.1, 0.15) is 6.10 Å². The molecule has 2 aromatic rings. The number of benzene rings is 1. The topological polar surface area (TPSA) is 31.4 Å². The molecular formula is C15H16ClNO2. The molecule has 100 valence electrons. The van der Waals surface area contributed by atoms with Gasteiger partial charge in [-0.05, 0) is 17.5 Å². The average Bonchev–Trinajstić information content (AvgIpc) is 2.48. The van der Waals surface area contributed by atoms with E-state index in [0.29, 0.717) is 11.8 Å². The van der Waals surface area contributed by atoms with Crippen LogP contribution in [0.15, 0.2) is 30.3 Å². The molecule has 0 saturated carbocycles. The fourth-order valence-electron chi connectivity index (χ4n) is 2.33. The van der Waals surface area contributed by atoms with Crippen LogP contribution >= 0.6 is 11.6 Å². The molecule has 1 aromatic carbocycles. The Bertz CT molecular complexity index is 567. The summed E-state index contributed by atoms with van der Waals surface area (Å²) in [6.07, 6.45) is 2.03. The van der Waals surface area contributed by atoms with Gasteiger partial charge in [0.05, 0.1) is 24.8 Å². The highest BCUT2D eigenvalue weighted by Crippen LogP contribution is 2.27. The number of ether oxygens (including phenoxy) is 2. The van der Waals surface area contributed by atoms with Crippen molar-refractivity contribution in [2.75, 3.05) is 13.2 Å². The van der Waals surface area contributed by atoms with Crippen molar-refractivity contribution in [1.29, 1.82) is 0 Å². The first-order valence-corrected chi connectivity index (χ1v) is 7.09. The SMILES string of the molecule is ClCc1cc2ccccc2c(OC2CCOCC2)n1. The van der Waals surface area contributed by atoms with Gasteiger partial charge < -0.3 is 9.47 Å². The molecule has 1 fully saturated rings. The maximum atomic E-state index is 6.06. The summed E-state index contributed by atoms with van der Waals surface area (Å²) in [7, 11) is 0. The molecule has 0 N–H and O–H groups in total. The van der Waals surface area contributed by atoms with E-state index in [1.165, 1.54) is 0 Å². The molecule has 0 aliphatic carbocycles. The normalized spacial score (nSPS) is 16.7. The number of hydrogen-bond acceptors (Lipinski definition) is 3. The zero-order valence-electron chi connectivity index (χ0n) is 10.6. The predicted octanol–water partition coefficient (Wildman–Crippen LogP) is 3.53. The molecule has 0 atom stereocenters. The van der Waals surface area contributed by atoms with Crippen LogP contribution in [0.1, 0.15) is 18.5 Å². The highest BCUT2D eigenvalue weighted by Gasteiger charge is 2.17. The quantitative estimate of drug-likeness (QED) is 0.804. The third kappa shape index (κ3) is 2.82. The van der Waals surface area contributed by atoms with Crippen LogP contribution in [-0.4, -0.2) is 24.3 Å². The molecule has 1 aromatic heterocycles. The molecule has 3 nitrogen and oxygen atoms in total. The third-order valence-corrected chi connectivity index (χ3v) is 3.62. The highest BCUT2D eigenvalue weighted by atomic mass is 35.5. The largest absolute Gasteiger partial charge is 0.474 e. The van der Waals surface area contributed by atoms with Crippen molar-refractivity contribution in [3.05, 3.63) is 36.0 Å². The van der Waals surface area contributed by atoms with Crippen LogP contribution in [0.25, 0.3) is 10.8 Å². The van der Waals surface area contributed by atoms with Gasteiger partial charge in [-0.2, -0.15) is 0 Å². The van der Waals surface area contributed by atoms with Crippen molar-refractivity contribution >= 4 is 22.4 Å². The van der Waals surface area contributed by atoms with Crippen LogP contribution in [0.5, 0.6) is 5.88 Å². The molecule has 1 saturated heterocycles. The second kappa shape index (κ2) is 5.76. The number of nitrogens with zero attached hydrogens (tertiary/aromatic N) is 1. The Morgan fingerprint density at radius 1 is 1.26 bits per heavy atom. The third-order valence-electron chi connectivity index (χ3n) is 3.34. The van der Waals surface area contributed by atoms with Gasteiger partial charge >= 0.3 is 0 Å². The van der Waals surface area contributed by atoms with E-state index < -0.39 is 0 Å². The van der Waals surface area contributed by atoms with E-state index in [1.54, 1.807) is 0 Å². The first-order chi connectivity index (χ1) is 9.36. The smallest absolute Gasteiger partial charge is 0.221 e. The Labute approximate surface area is 117 Å². The van der Waals surface area contributed by atoms with Crippen molar-refractivity contribution in [3.8, 4) is 5.88 Å². The lowest BCUT2D eigenvalue weighted by atomic mass is 10.1. The van der Waals surface area contributed by atoms with Gasteiger partial charge in [-0.3, -0.25) is 0 Å². The molecule has 0 spiro atoms. The maximum absolute atomic E-state index is 6.06. The molecule has 1 aliphatic rings.